The van der Waals surface area contributed by atoms with Crippen LogP contribution in [0.3, 0.4) is 0 Å². The molecule has 0 N–H and O–H groups in total. The lowest BCUT2D eigenvalue weighted by Gasteiger charge is -2.09. The van der Waals surface area contributed by atoms with Crippen molar-refractivity contribution in [2.45, 2.75) is 6.92 Å². The predicted octanol–water partition coefficient (Wildman–Crippen LogP) is 5.75. The molecular weight excluding hydrogens is 279 g/mol. The Kier molecular flexibility index (Phi) is 3.82. The van der Waals surface area contributed by atoms with Gasteiger partial charge >= 0.3 is 0 Å². The SMILES string of the molecule is Cc1cc(Cl)ccc1Oc1ccc(Cl)c(Cl)c1. The molecule has 0 aliphatic rings. The summed E-state index contributed by atoms with van der Waals surface area (Å²) >= 11 is 17.6. The number of rotatable bonds is 2. The summed E-state index contributed by atoms with van der Waals surface area (Å²) in [5.41, 5.74) is 0.962. The van der Waals surface area contributed by atoms with E-state index in [9.17, 15) is 0 Å². The van der Waals surface area contributed by atoms with Gasteiger partial charge in [-0.2, -0.15) is 0 Å². The first-order chi connectivity index (χ1) is 8.06. The molecule has 0 unspecified atom stereocenters. The van der Waals surface area contributed by atoms with Gasteiger partial charge in [0.15, 0.2) is 0 Å². The molecule has 0 heterocycles. The summed E-state index contributed by atoms with van der Waals surface area (Å²) in [6.45, 7) is 1.93. The second-order valence-corrected chi connectivity index (χ2v) is 4.84. The van der Waals surface area contributed by atoms with Gasteiger partial charge in [0.2, 0.25) is 0 Å². The van der Waals surface area contributed by atoms with Crippen LogP contribution in [0, 0.1) is 6.92 Å². The van der Waals surface area contributed by atoms with E-state index in [-0.39, 0.29) is 0 Å². The predicted molar refractivity (Wildman–Crippen MR) is 72.7 cm³/mol. The van der Waals surface area contributed by atoms with E-state index in [2.05, 4.69) is 0 Å². The average molecular weight is 288 g/mol. The van der Waals surface area contributed by atoms with Crippen LogP contribution in [-0.4, -0.2) is 0 Å². The highest BCUT2D eigenvalue weighted by Crippen LogP contribution is 2.31. The molecule has 2 aromatic rings. The van der Waals surface area contributed by atoms with Gasteiger partial charge in [0, 0.05) is 11.1 Å². The van der Waals surface area contributed by atoms with E-state index in [0.717, 1.165) is 11.3 Å². The van der Waals surface area contributed by atoms with Crippen molar-refractivity contribution in [2.75, 3.05) is 0 Å². The monoisotopic (exact) mass is 286 g/mol. The van der Waals surface area contributed by atoms with Crippen LogP contribution in [0.25, 0.3) is 0 Å². The van der Waals surface area contributed by atoms with Crippen LogP contribution >= 0.6 is 34.8 Å². The van der Waals surface area contributed by atoms with Crippen molar-refractivity contribution in [3.8, 4) is 11.5 Å². The standard InChI is InChI=1S/C13H9Cl3O/c1-8-6-9(14)2-5-13(8)17-10-3-4-11(15)12(16)7-10/h2-7H,1H3. The number of halogens is 3. The summed E-state index contributed by atoms with van der Waals surface area (Å²) in [7, 11) is 0. The van der Waals surface area contributed by atoms with Crippen molar-refractivity contribution >= 4 is 34.8 Å². The van der Waals surface area contributed by atoms with E-state index < -0.39 is 0 Å². The van der Waals surface area contributed by atoms with Crippen molar-refractivity contribution in [1.29, 1.82) is 0 Å². The second kappa shape index (κ2) is 5.18. The molecular formula is C13H9Cl3O. The maximum Gasteiger partial charge on any atom is 0.130 e. The van der Waals surface area contributed by atoms with Crippen LogP contribution in [0.2, 0.25) is 15.1 Å². The highest BCUT2D eigenvalue weighted by Gasteiger charge is 2.04. The number of hydrogen-bond donors (Lipinski definition) is 0. The first-order valence-corrected chi connectivity index (χ1v) is 6.09. The second-order valence-electron chi connectivity index (χ2n) is 3.59. The zero-order valence-electron chi connectivity index (χ0n) is 9.01. The lowest BCUT2D eigenvalue weighted by Crippen LogP contribution is -1.87. The topological polar surface area (TPSA) is 9.23 Å². The van der Waals surface area contributed by atoms with Crippen LogP contribution in [0.15, 0.2) is 36.4 Å². The summed E-state index contributed by atoms with van der Waals surface area (Å²) < 4.78 is 5.70. The molecule has 0 amide bonds. The van der Waals surface area contributed by atoms with E-state index in [1.54, 1.807) is 24.3 Å². The van der Waals surface area contributed by atoms with Crippen molar-refractivity contribution in [1.82, 2.24) is 0 Å². The Morgan fingerprint density at radius 3 is 2.29 bits per heavy atom. The quantitative estimate of drug-likeness (QED) is 0.683. The van der Waals surface area contributed by atoms with Gasteiger partial charge in [-0.3, -0.25) is 0 Å². The number of benzene rings is 2. The molecule has 0 aromatic heterocycles. The minimum absolute atomic E-state index is 0.468. The fraction of sp³-hybridized carbons (Fsp3) is 0.0769. The average Bonchev–Trinajstić information content (AvgIpc) is 2.27. The Labute approximate surface area is 115 Å². The van der Waals surface area contributed by atoms with Gasteiger partial charge < -0.3 is 4.74 Å². The van der Waals surface area contributed by atoms with Crippen molar-refractivity contribution in [3.63, 3.8) is 0 Å². The molecule has 0 aliphatic heterocycles. The van der Waals surface area contributed by atoms with Gasteiger partial charge in [-0.15, -0.1) is 0 Å². The molecule has 2 rings (SSSR count). The van der Waals surface area contributed by atoms with Crippen molar-refractivity contribution in [3.05, 3.63) is 57.0 Å². The number of hydrogen-bond acceptors (Lipinski definition) is 1. The van der Waals surface area contributed by atoms with Crippen LogP contribution < -0.4 is 4.74 Å². The summed E-state index contributed by atoms with van der Waals surface area (Å²) in [5, 5.41) is 1.66. The third-order valence-corrected chi connectivity index (χ3v) is 3.23. The normalized spacial score (nSPS) is 10.4. The first-order valence-electron chi connectivity index (χ1n) is 4.95. The summed E-state index contributed by atoms with van der Waals surface area (Å²) in [5.74, 6) is 1.39. The van der Waals surface area contributed by atoms with Crippen LogP contribution in [0.1, 0.15) is 5.56 Å². The van der Waals surface area contributed by atoms with E-state index in [0.29, 0.717) is 20.8 Å². The van der Waals surface area contributed by atoms with Crippen LogP contribution in [-0.2, 0) is 0 Å². The number of ether oxygens (including phenoxy) is 1. The molecule has 17 heavy (non-hydrogen) atoms. The molecule has 4 heteroatoms. The molecule has 88 valence electrons. The molecule has 0 saturated carbocycles. The fourth-order valence-corrected chi connectivity index (χ4v) is 1.91. The largest absolute Gasteiger partial charge is 0.457 e. The smallest absolute Gasteiger partial charge is 0.130 e. The Morgan fingerprint density at radius 2 is 1.65 bits per heavy atom. The van der Waals surface area contributed by atoms with Gasteiger partial charge in [-0.25, -0.2) is 0 Å². The lowest BCUT2D eigenvalue weighted by atomic mass is 10.2. The van der Waals surface area contributed by atoms with Crippen LogP contribution in [0.4, 0.5) is 0 Å². The Hall–Kier alpha value is -0.890. The van der Waals surface area contributed by atoms with Gasteiger partial charge in [0.1, 0.15) is 11.5 Å². The van der Waals surface area contributed by atoms with Gasteiger partial charge in [-0.1, -0.05) is 34.8 Å². The summed E-state index contributed by atoms with van der Waals surface area (Å²) in [6, 6.07) is 10.6. The molecule has 0 aliphatic carbocycles. The van der Waals surface area contributed by atoms with E-state index in [4.69, 9.17) is 39.5 Å². The molecule has 2 aromatic carbocycles. The Morgan fingerprint density at radius 1 is 0.882 bits per heavy atom. The van der Waals surface area contributed by atoms with E-state index in [1.165, 1.54) is 0 Å². The highest BCUT2D eigenvalue weighted by atomic mass is 35.5. The third kappa shape index (κ3) is 3.06. The molecule has 0 saturated heterocycles. The first kappa shape index (κ1) is 12.6. The van der Waals surface area contributed by atoms with Gasteiger partial charge in [-0.05, 0) is 42.8 Å². The summed E-state index contributed by atoms with van der Waals surface area (Å²) in [4.78, 5) is 0. The Balaban J connectivity index is 2.28. The molecule has 0 atom stereocenters. The molecule has 0 fully saturated rings. The zero-order valence-corrected chi connectivity index (χ0v) is 11.3. The zero-order chi connectivity index (χ0) is 12.4. The summed E-state index contributed by atoms with van der Waals surface area (Å²) in [6.07, 6.45) is 0. The minimum atomic E-state index is 0.468. The maximum atomic E-state index is 5.91. The van der Waals surface area contributed by atoms with Crippen LogP contribution in [0.5, 0.6) is 11.5 Å². The maximum absolute atomic E-state index is 5.91. The molecule has 0 bridgehead atoms. The van der Waals surface area contributed by atoms with E-state index >= 15 is 0 Å². The van der Waals surface area contributed by atoms with Gasteiger partial charge in [0.25, 0.3) is 0 Å². The van der Waals surface area contributed by atoms with Crippen molar-refractivity contribution < 1.29 is 4.74 Å². The van der Waals surface area contributed by atoms with E-state index in [1.807, 2.05) is 19.1 Å². The molecule has 0 radical (unpaired) electrons. The van der Waals surface area contributed by atoms with Gasteiger partial charge in [0.05, 0.1) is 10.0 Å². The lowest BCUT2D eigenvalue weighted by molar-refractivity contribution is 0.479. The fourth-order valence-electron chi connectivity index (χ4n) is 1.39. The third-order valence-electron chi connectivity index (χ3n) is 2.26. The highest BCUT2D eigenvalue weighted by molar-refractivity contribution is 6.42. The minimum Gasteiger partial charge on any atom is -0.457 e. The van der Waals surface area contributed by atoms with Crippen molar-refractivity contribution in [2.24, 2.45) is 0 Å². The molecule has 0 spiro atoms. The number of aryl methyl sites for hydroxylation is 1. The molecule has 1 nitrogen and oxygen atoms in total. The Bertz CT molecular complexity index is 552.